The van der Waals surface area contributed by atoms with Crippen molar-refractivity contribution in [2.24, 2.45) is 0 Å². The van der Waals surface area contributed by atoms with Crippen molar-refractivity contribution >= 4 is 32.6 Å². The second-order valence-corrected chi connectivity index (χ2v) is 6.73. The summed E-state index contributed by atoms with van der Waals surface area (Å²) < 4.78 is 13.5. The number of thiazole rings is 1. The van der Waals surface area contributed by atoms with E-state index in [9.17, 15) is 10.1 Å². The lowest BCUT2D eigenvalue weighted by Gasteiger charge is -2.01. The number of fused-ring (bicyclic) bond motifs is 1. The van der Waals surface area contributed by atoms with Gasteiger partial charge in [-0.05, 0) is 31.2 Å². The van der Waals surface area contributed by atoms with E-state index in [1.807, 2.05) is 30.3 Å². The average molecular weight is 378 g/mol. The molecule has 0 aliphatic carbocycles. The number of ether oxygens (including phenoxy) is 1. The predicted molar refractivity (Wildman–Crippen MR) is 102 cm³/mol. The minimum absolute atomic E-state index is 0.180. The van der Waals surface area contributed by atoms with E-state index in [0.29, 0.717) is 28.0 Å². The van der Waals surface area contributed by atoms with Crippen LogP contribution in [0.25, 0.3) is 16.1 Å². The van der Waals surface area contributed by atoms with Gasteiger partial charge in [0.05, 0.1) is 11.8 Å². The van der Waals surface area contributed by atoms with Crippen molar-refractivity contribution in [2.45, 2.75) is 6.92 Å². The number of para-hydroxylation sites is 1. The Morgan fingerprint density at radius 3 is 2.81 bits per heavy atom. The summed E-state index contributed by atoms with van der Waals surface area (Å²) in [5.41, 5.74) is 1.06. The minimum Gasteiger partial charge on any atom is -0.494 e. The predicted octanol–water partition coefficient (Wildman–Crippen LogP) is 4.12. The Kier molecular flexibility index (Phi) is 4.14. The number of methoxy groups -OCH3 is 1. The van der Waals surface area contributed by atoms with Crippen molar-refractivity contribution in [3.8, 4) is 17.7 Å². The maximum atomic E-state index is 12.8. The molecule has 3 heterocycles. The van der Waals surface area contributed by atoms with Gasteiger partial charge >= 0.3 is 0 Å². The van der Waals surface area contributed by atoms with E-state index in [-0.39, 0.29) is 11.1 Å². The molecule has 1 aromatic carbocycles. The molecule has 0 fully saturated rings. The third kappa shape index (κ3) is 2.84. The first-order valence-electron chi connectivity index (χ1n) is 8.04. The molecule has 0 aliphatic heterocycles. The van der Waals surface area contributed by atoms with Crippen molar-refractivity contribution in [1.82, 2.24) is 9.55 Å². The van der Waals surface area contributed by atoms with Crippen LogP contribution in [0.1, 0.15) is 21.7 Å². The van der Waals surface area contributed by atoms with Gasteiger partial charge in [-0.15, -0.1) is 0 Å². The van der Waals surface area contributed by atoms with E-state index in [1.54, 1.807) is 31.0 Å². The quantitative estimate of drug-likeness (QED) is 0.576. The molecule has 7 nitrogen and oxygen atoms in total. The minimum atomic E-state index is -0.441. The average Bonchev–Trinajstić information content (AvgIpc) is 3.38. The van der Waals surface area contributed by atoms with Gasteiger partial charge in [-0.2, -0.15) is 5.26 Å². The molecule has 27 heavy (non-hydrogen) atoms. The molecule has 1 amide bonds. The first-order chi connectivity index (χ1) is 13.1. The van der Waals surface area contributed by atoms with Crippen LogP contribution in [0.2, 0.25) is 0 Å². The first-order valence-corrected chi connectivity index (χ1v) is 8.85. The maximum Gasteiger partial charge on any atom is 0.262 e. The van der Waals surface area contributed by atoms with Crippen LogP contribution in [0, 0.1) is 18.3 Å². The largest absolute Gasteiger partial charge is 0.494 e. The summed E-state index contributed by atoms with van der Waals surface area (Å²) in [7, 11) is 1.57. The number of rotatable bonds is 4. The van der Waals surface area contributed by atoms with Gasteiger partial charge in [0.1, 0.15) is 34.2 Å². The summed E-state index contributed by atoms with van der Waals surface area (Å²) in [5, 5.41) is 12.8. The van der Waals surface area contributed by atoms with E-state index in [4.69, 9.17) is 9.15 Å². The van der Waals surface area contributed by atoms with E-state index < -0.39 is 5.91 Å². The van der Waals surface area contributed by atoms with Crippen LogP contribution in [0.4, 0.5) is 5.13 Å². The summed E-state index contributed by atoms with van der Waals surface area (Å²) in [6, 6.07) is 11.3. The molecule has 0 unspecified atom stereocenters. The second-order valence-electron chi connectivity index (χ2n) is 5.70. The van der Waals surface area contributed by atoms with Crippen molar-refractivity contribution in [1.29, 1.82) is 5.26 Å². The van der Waals surface area contributed by atoms with E-state index in [2.05, 4.69) is 16.4 Å². The molecule has 0 bridgehead atoms. The van der Waals surface area contributed by atoms with Gasteiger partial charge in [0.2, 0.25) is 5.88 Å². The molecule has 0 saturated carbocycles. The zero-order chi connectivity index (χ0) is 19.0. The van der Waals surface area contributed by atoms with E-state index in [0.717, 1.165) is 4.70 Å². The lowest BCUT2D eigenvalue weighted by molar-refractivity contribution is 0.102. The molecule has 3 aromatic heterocycles. The lowest BCUT2D eigenvalue weighted by Crippen LogP contribution is -2.13. The Labute approximate surface area is 158 Å². The molecule has 0 atom stereocenters. The van der Waals surface area contributed by atoms with Crippen LogP contribution in [-0.4, -0.2) is 22.6 Å². The number of nitrogens with zero attached hydrogens (tertiary/aromatic N) is 3. The Bertz CT molecular complexity index is 1180. The molecule has 0 aliphatic rings. The molecular weight excluding hydrogens is 364 g/mol. The number of amides is 1. The van der Waals surface area contributed by atoms with Gasteiger partial charge in [0.15, 0.2) is 5.13 Å². The molecule has 4 rings (SSSR count). The highest BCUT2D eigenvalue weighted by Crippen LogP contribution is 2.33. The number of nitrogens with one attached hydrogen (secondary N) is 1. The fourth-order valence-corrected chi connectivity index (χ4v) is 3.74. The Morgan fingerprint density at radius 1 is 1.33 bits per heavy atom. The van der Waals surface area contributed by atoms with Crippen molar-refractivity contribution in [2.75, 3.05) is 12.4 Å². The monoisotopic (exact) mass is 378 g/mol. The summed E-state index contributed by atoms with van der Waals surface area (Å²) >= 11 is 1.33. The number of hydrogen-bond acceptors (Lipinski definition) is 6. The fraction of sp³-hybridized carbons (Fsp3) is 0.105. The molecule has 0 radical (unpaired) electrons. The Balaban J connectivity index is 1.71. The number of nitriles is 1. The number of carbonyl (C=O) groups excluding carboxylic acids is 1. The third-order valence-electron chi connectivity index (χ3n) is 4.07. The number of benzene rings is 1. The van der Waals surface area contributed by atoms with Gasteiger partial charge in [0.25, 0.3) is 5.91 Å². The normalized spacial score (nSPS) is 10.7. The topological polar surface area (TPSA) is 93.1 Å². The number of aryl methyl sites for hydroxylation is 1. The smallest absolute Gasteiger partial charge is 0.262 e. The fourth-order valence-electron chi connectivity index (χ4n) is 2.86. The summed E-state index contributed by atoms with van der Waals surface area (Å²) in [4.78, 5) is 17.3. The molecule has 0 spiro atoms. The second kappa shape index (κ2) is 6.63. The van der Waals surface area contributed by atoms with Gasteiger partial charge in [-0.3, -0.25) is 14.7 Å². The first kappa shape index (κ1) is 16.9. The van der Waals surface area contributed by atoms with Crippen LogP contribution in [-0.2, 0) is 0 Å². The maximum absolute atomic E-state index is 12.8. The van der Waals surface area contributed by atoms with E-state index in [1.165, 1.54) is 11.3 Å². The highest BCUT2D eigenvalue weighted by molar-refractivity contribution is 7.22. The van der Waals surface area contributed by atoms with Gasteiger partial charge in [-0.1, -0.05) is 17.4 Å². The van der Waals surface area contributed by atoms with Crippen LogP contribution in [0.3, 0.4) is 0 Å². The third-order valence-corrected chi connectivity index (χ3v) is 5.00. The van der Waals surface area contributed by atoms with Gasteiger partial charge < -0.3 is 9.15 Å². The van der Waals surface area contributed by atoms with Crippen molar-refractivity contribution < 1.29 is 13.9 Å². The zero-order valence-electron chi connectivity index (χ0n) is 14.5. The highest BCUT2D eigenvalue weighted by Gasteiger charge is 2.25. The molecule has 4 aromatic rings. The molecular formula is C19H14N4O3S. The van der Waals surface area contributed by atoms with Crippen LogP contribution in [0.15, 0.2) is 47.1 Å². The standard InChI is InChI=1S/C19H14N4O3S/c1-11-15(12(10-20)18(26-11)23-8-3-4-9-23)17(24)22-19-21-16-13(25-2)6-5-7-14(16)27-19/h3-9H,1-2H3,(H,21,22,24). The summed E-state index contributed by atoms with van der Waals surface area (Å²) in [5.74, 6) is 0.878. The number of furan rings is 1. The number of carbonyl (C=O) groups is 1. The van der Waals surface area contributed by atoms with Crippen molar-refractivity contribution in [3.63, 3.8) is 0 Å². The van der Waals surface area contributed by atoms with E-state index >= 15 is 0 Å². The highest BCUT2D eigenvalue weighted by atomic mass is 32.1. The zero-order valence-corrected chi connectivity index (χ0v) is 15.3. The summed E-state index contributed by atoms with van der Waals surface area (Å²) in [6.07, 6.45) is 3.50. The Hall–Kier alpha value is -3.57. The van der Waals surface area contributed by atoms with Gasteiger partial charge in [0, 0.05) is 12.4 Å². The molecule has 1 N–H and O–H groups in total. The lowest BCUT2D eigenvalue weighted by atomic mass is 10.1. The number of anilines is 1. The van der Waals surface area contributed by atoms with Gasteiger partial charge in [-0.25, -0.2) is 4.98 Å². The van der Waals surface area contributed by atoms with Crippen LogP contribution < -0.4 is 10.1 Å². The molecule has 8 heteroatoms. The number of hydrogen-bond donors (Lipinski definition) is 1. The Morgan fingerprint density at radius 2 is 2.11 bits per heavy atom. The molecule has 134 valence electrons. The summed E-state index contributed by atoms with van der Waals surface area (Å²) in [6.45, 7) is 1.66. The molecule has 0 saturated heterocycles. The number of aromatic nitrogens is 2. The van der Waals surface area contributed by atoms with Crippen LogP contribution >= 0.6 is 11.3 Å². The van der Waals surface area contributed by atoms with Crippen LogP contribution in [0.5, 0.6) is 5.75 Å². The SMILES string of the molecule is COc1cccc2sc(NC(=O)c3c(C)oc(-n4cccc4)c3C#N)nc12. The van der Waals surface area contributed by atoms with Crippen molar-refractivity contribution in [3.05, 3.63) is 59.6 Å².